The van der Waals surface area contributed by atoms with Crippen molar-refractivity contribution in [3.63, 3.8) is 0 Å². The zero-order valence-corrected chi connectivity index (χ0v) is 9.14. The van der Waals surface area contributed by atoms with Crippen LogP contribution in [0.3, 0.4) is 0 Å². The van der Waals surface area contributed by atoms with Crippen molar-refractivity contribution in [2.45, 2.75) is 13.0 Å². The lowest BCUT2D eigenvalue weighted by Gasteiger charge is -2.07. The summed E-state index contributed by atoms with van der Waals surface area (Å²) in [6.07, 6.45) is 0. The van der Waals surface area contributed by atoms with Gasteiger partial charge in [0.1, 0.15) is 5.82 Å². The number of benzene rings is 1. The summed E-state index contributed by atoms with van der Waals surface area (Å²) in [5.74, 6) is -0.674. The number of carbonyl (C=O) groups is 1. The molecule has 1 atom stereocenters. The van der Waals surface area contributed by atoms with E-state index < -0.39 is 6.04 Å². The van der Waals surface area contributed by atoms with Crippen molar-refractivity contribution in [2.75, 3.05) is 5.32 Å². The average molecular weight is 261 g/mol. The van der Waals surface area contributed by atoms with Gasteiger partial charge in [-0.05, 0) is 41.1 Å². The van der Waals surface area contributed by atoms with E-state index >= 15 is 0 Å². The molecule has 1 aromatic rings. The maximum atomic E-state index is 12.8. The fourth-order valence-electron chi connectivity index (χ4n) is 0.830. The minimum Gasteiger partial charge on any atom is -0.325 e. The van der Waals surface area contributed by atoms with Gasteiger partial charge in [0.15, 0.2) is 0 Å². The quantitative estimate of drug-likeness (QED) is 0.853. The van der Waals surface area contributed by atoms with E-state index in [2.05, 4.69) is 21.2 Å². The summed E-state index contributed by atoms with van der Waals surface area (Å²) in [6.45, 7) is 1.58. The Morgan fingerprint density at radius 1 is 1.64 bits per heavy atom. The first kappa shape index (κ1) is 11.1. The molecule has 1 rings (SSSR count). The molecule has 0 heterocycles. The van der Waals surface area contributed by atoms with Gasteiger partial charge in [0.05, 0.1) is 10.5 Å². The standard InChI is InChI=1S/C9H10BrFN2O/c1-5(12)9(14)13-6-2-3-8(11)7(10)4-6/h2-5H,12H2,1H3,(H,13,14). The van der Waals surface area contributed by atoms with Gasteiger partial charge >= 0.3 is 0 Å². The van der Waals surface area contributed by atoms with Crippen LogP contribution in [0, 0.1) is 5.82 Å². The van der Waals surface area contributed by atoms with E-state index in [0.717, 1.165) is 0 Å². The van der Waals surface area contributed by atoms with Crippen molar-refractivity contribution in [1.29, 1.82) is 0 Å². The number of nitrogens with two attached hydrogens (primary N) is 1. The normalized spacial score (nSPS) is 12.3. The molecule has 0 spiro atoms. The number of rotatable bonds is 2. The first-order valence-corrected chi connectivity index (χ1v) is 4.81. The monoisotopic (exact) mass is 260 g/mol. The number of hydrogen-bond acceptors (Lipinski definition) is 2. The van der Waals surface area contributed by atoms with Crippen LogP contribution in [0.4, 0.5) is 10.1 Å². The van der Waals surface area contributed by atoms with Crippen molar-refractivity contribution in [2.24, 2.45) is 5.73 Å². The largest absolute Gasteiger partial charge is 0.325 e. The molecule has 14 heavy (non-hydrogen) atoms. The Morgan fingerprint density at radius 3 is 2.79 bits per heavy atom. The molecule has 5 heteroatoms. The lowest BCUT2D eigenvalue weighted by atomic mass is 10.3. The van der Waals surface area contributed by atoms with E-state index in [0.29, 0.717) is 10.2 Å². The molecule has 0 aliphatic rings. The fourth-order valence-corrected chi connectivity index (χ4v) is 1.21. The summed E-state index contributed by atoms with van der Waals surface area (Å²) in [4.78, 5) is 11.2. The van der Waals surface area contributed by atoms with E-state index in [9.17, 15) is 9.18 Å². The number of halogens is 2. The SMILES string of the molecule is CC(N)C(=O)Nc1ccc(F)c(Br)c1. The van der Waals surface area contributed by atoms with Crippen LogP contribution >= 0.6 is 15.9 Å². The molecule has 3 nitrogen and oxygen atoms in total. The minimum absolute atomic E-state index is 0.302. The lowest BCUT2D eigenvalue weighted by Crippen LogP contribution is -2.32. The third kappa shape index (κ3) is 2.78. The third-order valence-corrected chi connectivity index (χ3v) is 2.21. The summed E-state index contributed by atoms with van der Waals surface area (Å²) in [6, 6.07) is 3.63. The highest BCUT2D eigenvalue weighted by atomic mass is 79.9. The smallest absolute Gasteiger partial charge is 0.240 e. The lowest BCUT2D eigenvalue weighted by molar-refractivity contribution is -0.117. The van der Waals surface area contributed by atoms with E-state index in [1.165, 1.54) is 18.2 Å². The van der Waals surface area contributed by atoms with Gasteiger partial charge in [0.25, 0.3) is 0 Å². The van der Waals surface area contributed by atoms with Crippen LogP contribution in [0.5, 0.6) is 0 Å². The predicted molar refractivity (Wildman–Crippen MR) is 56.4 cm³/mol. The number of anilines is 1. The highest BCUT2D eigenvalue weighted by Crippen LogP contribution is 2.19. The van der Waals surface area contributed by atoms with Crippen molar-refractivity contribution < 1.29 is 9.18 Å². The van der Waals surface area contributed by atoms with Crippen molar-refractivity contribution in [3.05, 3.63) is 28.5 Å². The van der Waals surface area contributed by atoms with Crippen LogP contribution in [0.25, 0.3) is 0 Å². The molecule has 0 radical (unpaired) electrons. The predicted octanol–water partition coefficient (Wildman–Crippen LogP) is 1.87. The van der Waals surface area contributed by atoms with Gasteiger partial charge in [0, 0.05) is 5.69 Å². The summed E-state index contributed by atoms with van der Waals surface area (Å²) >= 11 is 3.02. The Labute approximate surface area is 89.6 Å². The summed E-state index contributed by atoms with van der Waals surface area (Å²) < 4.78 is 13.1. The molecule has 0 bridgehead atoms. The molecule has 0 aromatic heterocycles. The Balaban J connectivity index is 2.78. The van der Waals surface area contributed by atoms with Gasteiger partial charge in [-0.3, -0.25) is 4.79 Å². The molecule has 3 N–H and O–H groups in total. The molecule has 1 aromatic carbocycles. The highest BCUT2D eigenvalue weighted by molar-refractivity contribution is 9.10. The topological polar surface area (TPSA) is 55.1 Å². The molecule has 1 unspecified atom stereocenters. The van der Waals surface area contributed by atoms with Gasteiger partial charge in [-0.15, -0.1) is 0 Å². The van der Waals surface area contributed by atoms with Crippen LogP contribution in [-0.4, -0.2) is 11.9 Å². The van der Waals surface area contributed by atoms with Crippen LogP contribution in [0.1, 0.15) is 6.92 Å². The van der Waals surface area contributed by atoms with E-state index in [1.54, 1.807) is 6.92 Å². The number of carbonyl (C=O) groups excluding carboxylic acids is 1. The average Bonchev–Trinajstić information content (AvgIpc) is 2.11. The van der Waals surface area contributed by atoms with Crippen LogP contribution in [-0.2, 0) is 4.79 Å². The van der Waals surface area contributed by atoms with Crippen molar-refractivity contribution in [1.82, 2.24) is 0 Å². The molecular weight excluding hydrogens is 251 g/mol. The molecule has 0 saturated carbocycles. The molecular formula is C9H10BrFN2O. The molecule has 0 aliphatic carbocycles. The Morgan fingerprint density at radius 2 is 2.29 bits per heavy atom. The van der Waals surface area contributed by atoms with Crippen molar-refractivity contribution >= 4 is 27.5 Å². The summed E-state index contributed by atoms with van der Waals surface area (Å²) in [7, 11) is 0. The van der Waals surface area contributed by atoms with Gasteiger partial charge in [-0.1, -0.05) is 0 Å². The first-order chi connectivity index (χ1) is 6.50. The van der Waals surface area contributed by atoms with E-state index in [1.807, 2.05) is 0 Å². The second-order valence-corrected chi connectivity index (χ2v) is 3.76. The van der Waals surface area contributed by atoms with Crippen molar-refractivity contribution in [3.8, 4) is 0 Å². The second kappa shape index (κ2) is 4.52. The van der Waals surface area contributed by atoms with Gasteiger partial charge < -0.3 is 11.1 Å². The molecule has 0 fully saturated rings. The van der Waals surface area contributed by atoms with Crippen LogP contribution < -0.4 is 11.1 Å². The zero-order chi connectivity index (χ0) is 10.7. The third-order valence-electron chi connectivity index (χ3n) is 1.60. The van der Waals surface area contributed by atoms with E-state index in [-0.39, 0.29) is 11.7 Å². The second-order valence-electron chi connectivity index (χ2n) is 2.91. The zero-order valence-electron chi connectivity index (χ0n) is 7.55. The summed E-state index contributed by atoms with van der Waals surface area (Å²) in [5, 5.41) is 2.55. The maximum Gasteiger partial charge on any atom is 0.240 e. The Kier molecular flexibility index (Phi) is 3.60. The number of amides is 1. The first-order valence-electron chi connectivity index (χ1n) is 4.02. The van der Waals surface area contributed by atoms with Gasteiger partial charge in [0.2, 0.25) is 5.91 Å². The Hall–Kier alpha value is -0.940. The number of hydrogen-bond donors (Lipinski definition) is 2. The maximum absolute atomic E-state index is 12.8. The Bertz CT molecular complexity index is 355. The molecule has 0 aliphatic heterocycles. The highest BCUT2D eigenvalue weighted by Gasteiger charge is 2.08. The van der Waals surface area contributed by atoms with E-state index in [4.69, 9.17) is 5.73 Å². The molecule has 76 valence electrons. The van der Waals surface area contributed by atoms with Crippen LogP contribution in [0.2, 0.25) is 0 Å². The molecule has 1 amide bonds. The van der Waals surface area contributed by atoms with Gasteiger partial charge in [-0.25, -0.2) is 4.39 Å². The van der Waals surface area contributed by atoms with Gasteiger partial charge in [-0.2, -0.15) is 0 Å². The fraction of sp³-hybridized carbons (Fsp3) is 0.222. The molecule has 0 saturated heterocycles. The summed E-state index contributed by atoms with van der Waals surface area (Å²) in [5.41, 5.74) is 5.87. The van der Waals surface area contributed by atoms with Crippen LogP contribution in [0.15, 0.2) is 22.7 Å². The minimum atomic E-state index is -0.584. The number of nitrogens with one attached hydrogen (secondary N) is 1.